The normalized spacial score (nSPS) is 14.6. The van der Waals surface area contributed by atoms with E-state index in [-0.39, 0.29) is 16.9 Å². The van der Waals surface area contributed by atoms with E-state index in [2.05, 4.69) is 19.2 Å². The Balaban J connectivity index is 2.06. The van der Waals surface area contributed by atoms with E-state index in [9.17, 15) is 9.59 Å². The van der Waals surface area contributed by atoms with Gasteiger partial charge in [0, 0.05) is 12.6 Å². The van der Waals surface area contributed by atoms with Gasteiger partial charge >= 0.3 is 5.69 Å². The summed E-state index contributed by atoms with van der Waals surface area (Å²) in [4.78, 5) is 25.0. The van der Waals surface area contributed by atoms with Crippen LogP contribution < -0.4 is 22.3 Å². The average Bonchev–Trinajstić information content (AvgIpc) is 3.40. The number of aromatic nitrogens is 2. The summed E-state index contributed by atoms with van der Waals surface area (Å²) < 4.78 is 2.56. The highest BCUT2D eigenvalue weighted by Crippen LogP contribution is 2.41. The van der Waals surface area contributed by atoms with Gasteiger partial charge in [-0.2, -0.15) is 0 Å². The molecule has 1 saturated carbocycles. The molecule has 0 bridgehead atoms. The molecule has 0 spiro atoms. The molecule has 1 aliphatic rings. The van der Waals surface area contributed by atoms with Crippen LogP contribution in [0.2, 0.25) is 0 Å². The first kappa shape index (κ1) is 16.4. The smallest absolute Gasteiger partial charge is 0.332 e. The van der Waals surface area contributed by atoms with E-state index >= 15 is 0 Å². The summed E-state index contributed by atoms with van der Waals surface area (Å²) in [7, 11) is 1.49. The third-order valence-corrected chi connectivity index (χ3v) is 4.81. The van der Waals surface area contributed by atoms with Gasteiger partial charge in [0.25, 0.3) is 5.56 Å². The number of anilines is 2. The number of hydrogen-bond donors (Lipinski definition) is 2. The van der Waals surface area contributed by atoms with E-state index in [0.29, 0.717) is 18.2 Å². The minimum absolute atomic E-state index is 0.195. The molecule has 3 N–H and O–H groups in total. The first-order chi connectivity index (χ1) is 11.3. The minimum Gasteiger partial charge on any atom is -0.383 e. The number of nitrogen functional groups attached to an aromatic ring is 1. The monoisotopic (exact) mass is 328 g/mol. The molecule has 1 heterocycles. The molecular weight excluding hydrogens is 304 g/mol. The van der Waals surface area contributed by atoms with Crippen LogP contribution in [0.25, 0.3) is 0 Å². The summed E-state index contributed by atoms with van der Waals surface area (Å²) in [5.41, 5.74) is 6.47. The van der Waals surface area contributed by atoms with E-state index in [1.807, 2.05) is 30.3 Å². The molecule has 0 radical (unpaired) electrons. The van der Waals surface area contributed by atoms with Gasteiger partial charge in [0.15, 0.2) is 0 Å². The minimum atomic E-state index is -0.406. The Labute approximate surface area is 140 Å². The fourth-order valence-electron chi connectivity index (χ4n) is 3.05. The van der Waals surface area contributed by atoms with Gasteiger partial charge in [0.2, 0.25) is 0 Å². The van der Waals surface area contributed by atoms with Crippen molar-refractivity contribution in [1.82, 2.24) is 9.13 Å². The fourth-order valence-corrected chi connectivity index (χ4v) is 3.05. The zero-order valence-corrected chi connectivity index (χ0v) is 14.4. The van der Waals surface area contributed by atoms with Crippen LogP contribution in [0.4, 0.5) is 11.5 Å². The lowest BCUT2D eigenvalue weighted by Gasteiger charge is -2.28. The molecule has 6 nitrogen and oxygen atoms in total. The van der Waals surface area contributed by atoms with Crippen LogP contribution in [0.15, 0.2) is 39.9 Å². The van der Waals surface area contributed by atoms with Crippen molar-refractivity contribution < 1.29 is 0 Å². The number of hydrogen-bond acceptors (Lipinski definition) is 4. The molecule has 1 aromatic heterocycles. The fraction of sp³-hybridized carbons (Fsp3) is 0.444. The summed E-state index contributed by atoms with van der Waals surface area (Å²) in [5.74, 6) is 0.719. The second-order valence-electron chi connectivity index (χ2n) is 7.10. The van der Waals surface area contributed by atoms with Gasteiger partial charge in [-0.15, -0.1) is 0 Å². The quantitative estimate of drug-likeness (QED) is 0.876. The molecule has 1 aromatic carbocycles. The van der Waals surface area contributed by atoms with Crippen LogP contribution in [-0.4, -0.2) is 14.7 Å². The molecule has 1 aliphatic carbocycles. The van der Waals surface area contributed by atoms with Crippen molar-refractivity contribution in [3.8, 4) is 0 Å². The Kier molecular flexibility index (Phi) is 3.99. The summed E-state index contributed by atoms with van der Waals surface area (Å²) in [6.45, 7) is 4.46. The molecule has 24 heavy (non-hydrogen) atoms. The number of nitrogens with two attached hydrogens (primary N) is 1. The van der Waals surface area contributed by atoms with E-state index in [0.717, 1.165) is 23.0 Å². The van der Waals surface area contributed by atoms with Crippen LogP contribution in [0, 0.1) is 5.92 Å². The van der Waals surface area contributed by atoms with Crippen molar-refractivity contribution in [3.05, 3.63) is 56.7 Å². The Morgan fingerprint density at radius 2 is 1.83 bits per heavy atom. The van der Waals surface area contributed by atoms with Crippen molar-refractivity contribution in [3.63, 3.8) is 0 Å². The maximum Gasteiger partial charge on any atom is 0.332 e. The maximum absolute atomic E-state index is 12.5. The Bertz CT molecular complexity index is 861. The molecule has 6 heteroatoms. The molecule has 0 unspecified atom stereocenters. The van der Waals surface area contributed by atoms with Crippen molar-refractivity contribution in [2.45, 2.75) is 38.8 Å². The van der Waals surface area contributed by atoms with Crippen LogP contribution in [0.1, 0.15) is 32.3 Å². The second kappa shape index (κ2) is 5.85. The first-order valence-electron chi connectivity index (χ1n) is 8.22. The molecular formula is C18H24N4O2. The second-order valence-corrected chi connectivity index (χ2v) is 7.10. The van der Waals surface area contributed by atoms with Gasteiger partial charge < -0.3 is 11.1 Å². The van der Waals surface area contributed by atoms with Crippen molar-refractivity contribution >= 4 is 11.5 Å². The van der Waals surface area contributed by atoms with Gasteiger partial charge in [-0.25, -0.2) is 4.79 Å². The summed E-state index contributed by atoms with van der Waals surface area (Å²) in [5, 5.41) is 3.29. The van der Waals surface area contributed by atoms with E-state index in [4.69, 9.17) is 5.73 Å². The Morgan fingerprint density at radius 3 is 2.42 bits per heavy atom. The molecule has 0 atom stereocenters. The molecule has 1 fully saturated rings. The largest absolute Gasteiger partial charge is 0.383 e. The third-order valence-electron chi connectivity index (χ3n) is 4.81. The number of benzene rings is 1. The molecule has 0 saturated heterocycles. The zero-order chi connectivity index (χ0) is 17.5. The van der Waals surface area contributed by atoms with Gasteiger partial charge in [-0.1, -0.05) is 30.3 Å². The summed E-state index contributed by atoms with van der Waals surface area (Å²) >= 11 is 0. The maximum atomic E-state index is 12.5. The molecule has 128 valence electrons. The Hall–Kier alpha value is -2.50. The lowest BCUT2D eigenvalue weighted by Crippen LogP contribution is -2.44. The lowest BCUT2D eigenvalue weighted by atomic mass is 9.98. The van der Waals surface area contributed by atoms with Crippen molar-refractivity contribution in [1.29, 1.82) is 0 Å². The predicted octanol–water partition coefficient (Wildman–Crippen LogP) is 1.78. The molecule has 0 aliphatic heterocycles. The van der Waals surface area contributed by atoms with Crippen molar-refractivity contribution in [2.75, 3.05) is 11.1 Å². The van der Waals surface area contributed by atoms with E-state index < -0.39 is 5.69 Å². The SMILES string of the molecule is Cn1c(=O)c(NC(C)(C)C2CC2)c(N)n(Cc2ccccc2)c1=O. The topological polar surface area (TPSA) is 82.0 Å². The summed E-state index contributed by atoms with van der Waals surface area (Å²) in [6.07, 6.45) is 2.29. The Morgan fingerprint density at radius 1 is 1.21 bits per heavy atom. The number of nitrogens with one attached hydrogen (secondary N) is 1. The summed E-state index contributed by atoms with van der Waals surface area (Å²) in [6, 6.07) is 9.60. The highest BCUT2D eigenvalue weighted by molar-refractivity contribution is 5.62. The highest BCUT2D eigenvalue weighted by Gasteiger charge is 2.38. The van der Waals surface area contributed by atoms with Gasteiger partial charge in [-0.3, -0.25) is 13.9 Å². The van der Waals surface area contributed by atoms with Gasteiger partial charge in [0.05, 0.1) is 6.54 Å². The predicted molar refractivity (Wildman–Crippen MR) is 96.3 cm³/mol. The molecule has 2 aromatic rings. The van der Waals surface area contributed by atoms with Crippen LogP contribution in [0.3, 0.4) is 0 Å². The average molecular weight is 328 g/mol. The van der Waals surface area contributed by atoms with Crippen LogP contribution >= 0.6 is 0 Å². The zero-order valence-electron chi connectivity index (χ0n) is 14.4. The standard InChI is InChI=1S/C18H24N4O2/c1-18(2,13-9-10-13)20-14-15(19)22(17(24)21(3)16(14)23)11-12-7-5-4-6-8-12/h4-8,13,20H,9-11,19H2,1-3H3. The molecule has 3 rings (SSSR count). The number of rotatable bonds is 5. The van der Waals surface area contributed by atoms with E-state index in [1.54, 1.807) is 0 Å². The first-order valence-corrected chi connectivity index (χ1v) is 8.22. The number of nitrogens with zero attached hydrogens (tertiary/aromatic N) is 2. The van der Waals surface area contributed by atoms with E-state index in [1.165, 1.54) is 11.6 Å². The van der Waals surface area contributed by atoms with Gasteiger partial charge in [0.1, 0.15) is 11.5 Å². The van der Waals surface area contributed by atoms with Crippen molar-refractivity contribution in [2.24, 2.45) is 13.0 Å². The lowest BCUT2D eigenvalue weighted by molar-refractivity contribution is 0.491. The molecule has 0 amide bonds. The van der Waals surface area contributed by atoms with Crippen LogP contribution in [0.5, 0.6) is 0 Å². The van der Waals surface area contributed by atoms with Gasteiger partial charge in [-0.05, 0) is 38.2 Å². The highest BCUT2D eigenvalue weighted by atomic mass is 16.2. The third kappa shape index (κ3) is 2.96. The van der Waals surface area contributed by atoms with Crippen LogP contribution in [-0.2, 0) is 13.6 Å².